The first-order valence-electron chi connectivity index (χ1n) is 6.09. The molecule has 1 aliphatic heterocycles. The monoisotopic (exact) mass is 328 g/mol. The lowest BCUT2D eigenvalue weighted by Gasteiger charge is -2.28. The molecule has 5 nitrogen and oxygen atoms in total. The van der Waals surface area contributed by atoms with Crippen molar-refractivity contribution in [3.8, 4) is 0 Å². The first kappa shape index (κ1) is 14.1. The third kappa shape index (κ3) is 2.68. The van der Waals surface area contributed by atoms with E-state index >= 15 is 0 Å². The number of nitrogens with zero attached hydrogens (tertiary/aromatic N) is 2. The molecule has 1 aromatic rings. The van der Waals surface area contributed by atoms with Gasteiger partial charge in [0.05, 0.1) is 10.2 Å². The van der Waals surface area contributed by atoms with Gasteiger partial charge in [0.25, 0.3) is 5.91 Å². The van der Waals surface area contributed by atoms with Gasteiger partial charge in [-0.2, -0.15) is 0 Å². The largest absolute Gasteiger partial charge is 0.443 e. The lowest BCUT2D eigenvalue weighted by molar-refractivity contribution is 0.0232. The molecule has 0 spiro atoms. The highest BCUT2D eigenvalue weighted by Crippen LogP contribution is 2.26. The van der Waals surface area contributed by atoms with E-state index in [0.717, 1.165) is 10.3 Å². The second-order valence-electron chi connectivity index (χ2n) is 5.57. The Morgan fingerprint density at radius 3 is 2.63 bits per heavy atom. The quantitative estimate of drug-likeness (QED) is 0.735. The van der Waals surface area contributed by atoms with Crippen LogP contribution in [0.15, 0.2) is 10.7 Å². The Bertz CT molecular complexity index is 543. The molecule has 2 heterocycles. The maximum Gasteiger partial charge on any atom is 0.417 e. The van der Waals surface area contributed by atoms with Crippen LogP contribution in [0.3, 0.4) is 0 Å². The Kier molecular flexibility index (Phi) is 3.47. The number of rotatable bonds is 0. The molecule has 1 aliphatic rings. The van der Waals surface area contributed by atoms with Crippen LogP contribution in [0.2, 0.25) is 0 Å². The van der Waals surface area contributed by atoms with Gasteiger partial charge in [-0.05, 0) is 42.8 Å². The first-order chi connectivity index (χ1) is 8.70. The summed E-state index contributed by atoms with van der Waals surface area (Å²) in [5.41, 5.74) is 0.901. The third-order valence-electron chi connectivity index (χ3n) is 2.96. The van der Waals surface area contributed by atoms with Crippen molar-refractivity contribution in [2.24, 2.45) is 7.05 Å². The Morgan fingerprint density at radius 1 is 1.42 bits per heavy atom. The van der Waals surface area contributed by atoms with Crippen molar-refractivity contribution < 1.29 is 14.3 Å². The number of ether oxygens (including phenoxy) is 1. The number of aromatic nitrogens is 1. The highest BCUT2D eigenvalue weighted by molar-refractivity contribution is 9.10. The van der Waals surface area contributed by atoms with E-state index in [-0.39, 0.29) is 5.91 Å². The van der Waals surface area contributed by atoms with Crippen LogP contribution in [-0.2, 0) is 18.2 Å². The molecule has 104 valence electrons. The minimum atomic E-state index is -0.602. The average molecular weight is 329 g/mol. The molecule has 0 radical (unpaired) electrons. The molecule has 0 bridgehead atoms. The van der Waals surface area contributed by atoms with Crippen LogP contribution in [0.4, 0.5) is 4.79 Å². The molecule has 0 saturated heterocycles. The summed E-state index contributed by atoms with van der Waals surface area (Å²) in [6.07, 6.45) is 0.0608. The minimum absolute atomic E-state index is 0.295. The lowest BCUT2D eigenvalue weighted by Crippen LogP contribution is -2.44. The van der Waals surface area contributed by atoms with E-state index in [2.05, 4.69) is 15.9 Å². The Balaban J connectivity index is 2.25. The number of hydrogen-bond acceptors (Lipinski definition) is 3. The molecular weight excluding hydrogens is 312 g/mol. The number of hydrogen-bond donors (Lipinski definition) is 0. The molecule has 0 fully saturated rings. The topological polar surface area (TPSA) is 51.5 Å². The molecule has 19 heavy (non-hydrogen) atoms. The van der Waals surface area contributed by atoms with Crippen LogP contribution < -0.4 is 0 Å². The van der Waals surface area contributed by atoms with Crippen molar-refractivity contribution in [2.45, 2.75) is 32.8 Å². The molecule has 0 unspecified atom stereocenters. The maximum atomic E-state index is 12.3. The van der Waals surface area contributed by atoms with Gasteiger partial charge >= 0.3 is 6.09 Å². The fraction of sp³-hybridized carbons (Fsp3) is 0.538. The van der Waals surface area contributed by atoms with E-state index in [4.69, 9.17) is 4.74 Å². The van der Waals surface area contributed by atoms with Crippen LogP contribution in [0.25, 0.3) is 0 Å². The number of amides is 2. The van der Waals surface area contributed by atoms with E-state index in [9.17, 15) is 9.59 Å². The summed E-state index contributed by atoms with van der Waals surface area (Å²) in [5, 5.41) is 0. The summed E-state index contributed by atoms with van der Waals surface area (Å²) in [7, 11) is 1.89. The molecule has 0 aliphatic carbocycles. The SMILES string of the molecule is Cn1c(Br)cc2c1CCN(C(=O)OC(C)(C)C)C2=O. The smallest absolute Gasteiger partial charge is 0.417 e. The Hall–Kier alpha value is -1.30. The molecule has 0 aromatic carbocycles. The van der Waals surface area contributed by atoms with E-state index in [1.165, 1.54) is 4.90 Å². The number of fused-ring (bicyclic) bond motifs is 1. The van der Waals surface area contributed by atoms with Crippen molar-refractivity contribution in [2.75, 3.05) is 6.54 Å². The summed E-state index contributed by atoms with van der Waals surface area (Å²) in [6, 6.07) is 1.74. The lowest BCUT2D eigenvalue weighted by atomic mass is 10.1. The van der Waals surface area contributed by atoms with Gasteiger partial charge in [0.1, 0.15) is 5.60 Å². The van der Waals surface area contributed by atoms with Gasteiger partial charge in [0, 0.05) is 25.7 Å². The van der Waals surface area contributed by atoms with E-state index in [1.807, 2.05) is 11.6 Å². The minimum Gasteiger partial charge on any atom is -0.443 e. The van der Waals surface area contributed by atoms with Crippen molar-refractivity contribution in [1.29, 1.82) is 0 Å². The molecule has 1 aromatic heterocycles. The normalized spacial score (nSPS) is 15.4. The van der Waals surface area contributed by atoms with Gasteiger partial charge in [-0.15, -0.1) is 0 Å². The van der Waals surface area contributed by atoms with Gasteiger partial charge in [-0.25, -0.2) is 9.69 Å². The van der Waals surface area contributed by atoms with Gasteiger partial charge in [0.2, 0.25) is 0 Å². The predicted molar refractivity (Wildman–Crippen MR) is 74.1 cm³/mol. The van der Waals surface area contributed by atoms with E-state index in [1.54, 1.807) is 26.8 Å². The molecule has 6 heteroatoms. The van der Waals surface area contributed by atoms with Gasteiger partial charge in [-0.3, -0.25) is 4.79 Å². The van der Waals surface area contributed by atoms with Crippen LogP contribution >= 0.6 is 15.9 Å². The number of carbonyl (C=O) groups is 2. The first-order valence-corrected chi connectivity index (χ1v) is 6.89. The van der Waals surface area contributed by atoms with Crippen LogP contribution in [-0.4, -0.2) is 33.6 Å². The molecule has 0 saturated carbocycles. The zero-order chi connectivity index (χ0) is 14.4. The van der Waals surface area contributed by atoms with Gasteiger partial charge < -0.3 is 9.30 Å². The Labute approximate surface area is 120 Å². The van der Waals surface area contributed by atoms with Crippen molar-refractivity contribution in [1.82, 2.24) is 9.47 Å². The van der Waals surface area contributed by atoms with Crippen LogP contribution in [0.5, 0.6) is 0 Å². The third-order valence-corrected chi connectivity index (χ3v) is 3.72. The zero-order valence-electron chi connectivity index (χ0n) is 11.5. The van der Waals surface area contributed by atoms with Crippen molar-refractivity contribution in [3.05, 3.63) is 21.9 Å². The fourth-order valence-electron chi connectivity index (χ4n) is 2.05. The number of carbonyl (C=O) groups excluding carboxylic acids is 2. The standard InChI is InChI=1S/C13H17BrN2O3/c1-13(2,3)19-12(18)16-6-5-9-8(11(16)17)7-10(14)15(9)4/h7H,5-6H2,1-4H3. The van der Waals surface area contributed by atoms with Crippen LogP contribution in [0, 0.1) is 0 Å². The fourth-order valence-corrected chi connectivity index (χ4v) is 2.50. The molecule has 2 rings (SSSR count). The summed E-state index contributed by atoms with van der Waals surface area (Å²) >= 11 is 3.39. The van der Waals surface area contributed by atoms with Crippen LogP contribution in [0.1, 0.15) is 36.8 Å². The highest BCUT2D eigenvalue weighted by Gasteiger charge is 2.34. The summed E-state index contributed by atoms with van der Waals surface area (Å²) < 4.78 is 7.99. The highest BCUT2D eigenvalue weighted by atomic mass is 79.9. The van der Waals surface area contributed by atoms with Gasteiger partial charge in [0.15, 0.2) is 0 Å². The molecule has 2 amide bonds. The number of halogens is 1. The summed E-state index contributed by atoms with van der Waals surface area (Å²) in [6.45, 7) is 5.70. The summed E-state index contributed by atoms with van der Waals surface area (Å²) in [5.74, 6) is -0.295. The second-order valence-corrected chi connectivity index (χ2v) is 6.39. The molecule has 0 atom stereocenters. The Morgan fingerprint density at radius 2 is 2.05 bits per heavy atom. The maximum absolute atomic E-state index is 12.3. The van der Waals surface area contributed by atoms with E-state index in [0.29, 0.717) is 18.5 Å². The second kappa shape index (κ2) is 4.67. The average Bonchev–Trinajstić information content (AvgIpc) is 2.55. The number of imide groups is 1. The predicted octanol–water partition coefficient (Wildman–Crippen LogP) is 2.72. The van der Waals surface area contributed by atoms with E-state index < -0.39 is 11.7 Å². The summed E-state index contributed by atoms with van der Waals surface area (Å²) in [4.78, 5) is 25.5. The molecule has 0 N–H and O–H groups in total. The van der Waals surface area contributed by atoms with Crippen molar-refractivity contribution >= 4 is 27.9 Å². The zero-order valence-corrected chi connectivity index (χ0v) is 13.1. The molecular formula is C13H17BrN2O3. The van der Waals surface area contributed by atoms with Crippen molar-refractivity contribution in [3.63, 3.8) is 0 Å². The van der Waals surface area contributed by atoms with Gasteiger partial charge in [-0.1, -0.05) is 0 Å².